The first kappa shape index (κ1) is 16.6. The maximum atomic E-state index is 12.5. The lowest BCUT2D eigenvalue weighted by atomic mass is 10.2. The fourth-order valence-corrected chi connectivity index (χ4v) is 1.60. The first-order chi connectivity index (χ1) is 9.34. The third-order valence-electron chi connectivity index (χ3n) is 2.46. The highest BCUT2D eigenvalue weighted by molar-refractivity contribution is 6.33. The van der Waals surface area contributed by atoms with Gasteiger partial charge >= 0.3 is 12.2 Å². The molecule has 0 spiro atoms. The van der Waals surface area contributed by atoms with Crippen LogP contribution in [0.2, 0.25) is 5.02 Å². The van der Waals surface area contributed by atoms with Crippen molar-refractivity contribution in [2.45, 2.75) is 19.0 Å². The minimum absolute atomic E-state index is 0.0371. The average Bonchev–Trinajstić information content (AvgIpc) is 2.36. The Labute approximate surface area is 119 Å². The van der Waals surface area contributed by atoms with Gasteiger partial charge < -0.3 is 16.4 Å². The number of carbonyl (C=O) groups is 1. The number of anilines is 1. The standard InChI is InChI=1S/C12H15ClF3N3O/c13-9-4-3-8(12(14,15)16)7-10(9)19-11(20)18-6-2-1-5-17/h3-4,7H,1-2,5-6,17H2,(H2,18,19,20). The van der Waals surface area contributed by atoms with Crippen LogP contribution in [0.4, 0.5) is 23.7 Å². The van der Waals surface area contributed by atoms with Gasteiger partial charge in [0, 0.05) is 6.54 Å². The minimum Gasteiger partial charge on any atom is -0.338 e. The number of rotatable bonds is 5. The number of benzene rings is 1. The van der Waals surface area contributed by atoms with Crippen molar-refractivity contribution in [1.82, 2.24) is 5.32 Å². The van der Waals surface area contributed by atoms with E-state index in [0.29, 0.717) is 19.5 Å². The molecule has 2 amide bonds. The van der Waals surface area contributed by atoms with Gasteiger partial charge in [-0.1, -0.05) is 11.6 Å². The summed E-state index contributed by atoms with van der Waals surface area (Å²) in [6.45, 7) is 0.905. The van der Waals surface area contributed by atoms with Crippen LogP contribution in [0.5, 0.6) is 0 Å². The summed E-state index contributed by atoms with van der Waals surface area (Å²) in [6, 6.07) is 2.13. The van der Waals surface area contributed by atoms with Crippen LogP contribution in [0.15, 0.2) is 18.2 Å². The molecule has 0 fully saturated rings. The Balaban J connectivity index is 2.65. The Morgan fingerprint density at radius 2 is 2.00 bits per heavy atom. The molecule has 20 heavy (non-hydrogen) atoms. The summed E-state index contributed by atoms with van der Waals surface area (Å²) in [4.78, 5) is 11.5. The van der Waals surface area contributed by atoms with Gasteiger partial charge in [0.25, 0.3) is 0 Å². The van der Waals surface area contributed by atoms with Gasteiger partial charge in [-0.25, -0.2) is 4.79 Å². The normalized spacial score (nSPS) is 11.2. The molecule has 112 valence electrons. The molecule has 4 N–H and O–H groups in total. The molecule has 0 aromatic heterocycles. The van der Waals surface area contributed by atoms with Crippen molar-refractivity contribution in [1.29, 1.82) is 0 Å². The molecule has 0 atom stereocenters. The molecule has 0 aliphatic rings. The number of alkyl halides is 3. The van der Waals surface area contributed by atoms with Gasteiger partial charge in [0.05, 0.1) is 16.3 Å². The zero-order valence-corrected chi connectivity index (χ0v) is 11.3. The zero-order chi connectivity index (χ0) is 15.2. The van der Waals surface area contributed by atoms with Crippen LogP contribution in [-0.2, 0) is 6.18 Å². The number of nitrogens with two attached hydrogens (primary N) is 1. The number of carbonyl (C=O) groups excluding carboxylic acids is 1. The second-order valence-corrected chi connectivity index (χ2v) is 4.48. The van der Waals surface area contributed by atoms with Crippen LogP contribution in [0.25, 0.3) is 0 Å². The van der Waals surface area contributed by atoms with Crippen LogP contribution < -0.4 is 16.4 Å². The number of urea groups is 1. The lowest BCUT2D eigenvalue weighted by Gasteiger charge is -2.12. The van der Waals surface area contributed by atoms with Crippen molar-refractivity contribution < 1.29 is 18.0 Å². The highest BCUT2D eigenvalue weighted by atomic mass is 35.5. The van der Waals surface area contributed by atoms with Gasteiger partial charge in [-0.3, -0.25) is 0 Å². The lowest BCUT2D eigenvalue weighted by Crippen LogP contribution is -2.30. The highest BCUT2D eigenvalue weighted by Gasteiger charge is 2.31. The first-order valence-electron chi connectivity index (χ1n) is 5.96. The Morgan fingerprint density at radius 3 is 2.60 bits per heavy atom. The Morgan fingerprint density at radius 1 is 1.30 bits per heavy atom. The molecular formula is C12H15ClF3N3O. The summed E-state index contributed by atoms with van der Waals surface area (Å²) < 4.78 is 37.6. The van der Waals surface area contributed by atoms with Gasteiger partial charge in [-0.05, 0) is 37.6 Å². The Hall–Kier alpha value is -1.47. The van der Waals surface area contributed by atoms with Gasteiger partial charge in [0.15, 0.2) is 0 Å². The molecule has 0 saturated heterocycles. The molecule has 4 nitrogen and oxygen atoms in total. The Bertz CT molecular complexity index is 466. The third kappa shape index (κ3) is 5.26. The molecule has 0 radical (unpaired) electrons. The zero-order valence-electron chi connectivity index (χ0n) is 10.6. The third-order valence-corrected chi connectivity index (χ3v) is 2.79. The summed E-state index contributed by atoms with van der Waals surface area (Å²) >= 11 is 5.75. The van der Waals surface area contributed by atoms with E-state index in [-0.39, 0.29) is 10.7 Å². The molecule has 0 aliphatic carbocycles. The van der Waals surface area contributed by atoms with Crippen LogP contribution in [0.3, 0.4) is 0 Å². The van der Waals surface area contributed by atoms with E-state index in [2.05, 4.69) is 10.6 Å². The number of nitrogens with one attached hydrogen (secondary N) is 2. The van der Waals surface area contributed by atoms with E-state index in [1.807, 2.05) is 0 Å². The van der Waals surface area contributed by atoms with Crippen molar-refractivity contribution in [2.75, 3.05) is 18.4 Å². The summed E-state index contributed by atoms with van der Waals surface area (Å²) in [7, 11) is 0. The maximum absolute atomic E-state index is 12.5. The van der Waals surface area contributed by atoms with Crippen LogP contribution in [0.1, 0.15) is 18.4 Å². The second-order valence-electron chi connectivity index (χ2n) is 4.07. The van der Waals surface area contributed by atoms with E-state index in [0.717, 1.165) is 24.6 Å². The summed E-state index contributed by atoms with van der Waals surface area (Å²) in [5.41, 5.74) is 4.33. The van der Waals surface area contributed by atoms with Crippen molar-refractivity contribution in [3.05, 3.63) is 28.8 Å². The van der Waals surface area contributed by atoms with Crippen molar-refractivity contribution >= 4 is 23.3 Å². The number of unbranched alkanes of at least 4 members (excludes halogenated alkanes) is 1. The van der Waals surface area contributed by atoms with Crippen LogP contribution in [0, 0.1) is 0 Å². The van der Waals surface area contributed by atoms with Crippen LogP contribution >= 0.6 is 11.6 Å². The van der Waals surface area contributed by atoms with Crippen molar-refractivity contribution in [2.24, 2.45) is 5.73 Å². The van der Waals surface area contributed by atoms with Crippen LogP contribution in [-0.4, -0.2) is 19.1 Å². The monoisotopic (exact) mass is 309 g/mol. The Kier molecular flexibility index (Phi) is 6.09. The predicted molar refractivity (Wildman–Crippen MR) is 71.8 cm³/mol. The summed E-state index contributed by atoms with van der Waals surface area (Å²) in [5, 5.41) is 4.83. The molecule has 0 heterocycles. The minimum atomic E-state index is -4.49. The maximum Gasteiger partial charge on any atom is 0.416 e. The van der Waals surface area contributed by atoms with E-state index in [1.54, 1.807) is 0 Å². The molecule has 1 aromatic carbocycles. The average molecular weight is 310 g/mol. The first-order valence-corrected chi connectivity index (χ1v) is 6.34. The second kappa shape index (κ2) is 7.35. The fourth-order valence-electron chi connectivity index (χ4n) is 1.44. The molecular weight excluding hydrogens is 295 g/mol. The fraction of sp³-hybridized carbons (Fsp3) is 0.417. The van der Waals surface area contributed by atoms with Gasteiger partial charge in [-0.2, -0.15) is 13.2 Å². The molecule has 0 bridgehead atoms. The molecule has 1 rings (SSSR count). The molecule has 0 aliphatic heterocycles. The largest absolute Gasteiger partial charge is 0.416 e. The van der Waals surface area contributed by atoms with Crippen molar-refractivity contribution in [3.63, 3.8) is 0 Å². The van der Waals surface area contributed by atoms with Gasteiger partial charge in [-0.15, -0.1) is 0 Å². The smallest absolute Gasteiger partial charge is 0.338 e. The number of halogens is 4. The molecule has 1 aromatic rings. The van der Waals surface area contributed by atoms with E-state index in [9.17, 15) is 18.0 Å². The van der Waals surface area contributed by atoms with E-state index in [1.165, 1.54) is 0 Å². The van der Waals surface area contributed by atoms with E-state index in [4.69, 9.17) is 17.3 Å². The van der Waals surface area contributed by atoms with Crippen molar-refractivity contribution in [3.8, 4) is 0 Å². The van der Waals surface area contributed by atoms with E-state index < -0.39 is 17.8 Å². The summed E-state index contributed by atoms with van der Waals surface area (Å²) in [5.74, 6) is 0. The van der Waals surface area contributed by atoms with Gasteiger partial charge in [0.2, 0.25) is 0 Å². The van der Waals surface area contributed by atoms with Gasteiger partial charge in [0.1, 0.15) is 0 Å². The topological polar surface area (TPSA) is 67.1 Å². The van der Waals surface area contributed by atoms with E-state index >= 15 is 0 Å². The lowest BCUT2D eigenvalue weighted by molar-refractivity contribution is -0.137. The number of amides is 2. The number of hydrogen-bond donors (Lipinski definition) is 3. The quantitative estimate of drug-likeness (QED) is 0.731. The number of hydrogen-bond acceptors (Lipinski definition) is 2. The predicted octanol–water partition coefficient (Wildman–Crippen LogP) is 3.22. The summed E-state index contributed by atoms with van der Waals surface area (Å²) in [6.07, 6.45) is -3.04. The SMILES string of the molecule is NCCCCNC(=O)Nc1cc(C(F)(F)F)ccc1Cl. The molecule has 8 heteroatoms. The molecule has 0 unspecified atom stereocenters. The molecule has 0 saturated carbocycles. The highest BCUT2D eigenvalue weighted by Crippen LogP contribution is 2.33.